The van der Waals surface area contributed by atoms with Gasteiger partial charge < -0.3 is 19.5 Å². The number of aryl methyl sites for hydroxylation is 1. The quantitative estimate of drug-likeness (QED) is 0.542. The van der Waals surface area contributed by atoms with Gasteiger partial charge in [0, 0.05) is 31.1 Å². The largest absolute Gasteiger partial charge is 0.489 e. The minimum Gasteiger partial charge on any atom is -0.489 e. The fourth-order valence-corrected chi connectivity index (χ4v) is 7.44. The molecule has 3 fully saturated rings. The predicted octanol–water partition coefficient (Wildman–Crippen LogP) is 5.61. The Hall–Kier alpha value is -2.57. The highest BCUT2D eigenvalue weighted by Gasteiger charge is 2.63. The van der Waals surface area contributed by atoms with E-state index in [1.165, 1.54) is 24.0 Å². The summed E-state index contributed by atoms with van der Waals surface area (Å²) >= 11 is 0. The van der Waals surface area contributed by atoms with Crippen LogP contribution in [0.2, 0.25) is 0 Å². The molecule has 2 aromatic carbocycles. The maximum atomic E-state index is 13.1. The van der Waals surface area contributed by atoms with Crippen molar-refractivity contribution in [2.24, 2.45) is 5.92 Å². The lowest BCUT2D eigenvalue weighted by atomic mass is 9.52. The molecule has 2 saturated heterocycles. The zero-order chi connectivity index (χ0) is 27.4. The van der Waals surface area contributed by atoms with Gasteiger partial charge in [-0.25, -0.2) is 4.79 Å². The summed E-state index contributed by atoms with van der Waals surface area (Å²) in [6.07, 6.45) is 5.35. The Morgan fingerprint density at radius 1 is 1.05 bits per heavy atom. The maximum Gasteiger partial charge on any atom is 0.410 e. The molecule has 210 valence electrons. The zero-order valence-corrected chi connectivity index (χ0v) is 24.0. The van der Waals surface area contributed by atoms with Gasteiger partial charge >= 0.3 is 6.09 Å². The number of carbonyl (C=O) groups excluding carboxylic acids is 1. The first-order valence-corrected chi connectivity index (χ1v) is 14.8. The molecule has 0 unspecified atom stereocenters. The van der Waals surface area contributed by atoms with Crippen LogP contribution in [0.1, 0.15) is 75.1 Å². The van der Waals surface area contributed by atoms with Crippen molar-refractivity contribution in [3.05, 3.63) is 64.7 Å². The van der Waals surface area contributed by atoms with Gasteiger partial charge in [0.25, 0.3) is 0 Å². The van der Waals surface area contributed by atoms with E-state index in [0.29, 0.717) is 26.1 Å². The van der Waals surface area contributed by atoms with Gasteiger partial charge in [-0.15, -0.1) is 0 Å². The van der Waals surface area contributed by atoms with Crippen molar-refractivity contribution in [3.8, 4) is 5.75 Å². The second-order valence-electron chi connectivity index (χ2n) is 13.4. The average molecular weight is 533 g/mol. The molecular weight excluding hydrogens is 488 g/mol. The first-order valence-electron chi connectivity index (χ1n) is 14.8. The van der Waals surface area contributed by atoms with Crippen LogP contribution in [0.15, 0.2) is 42.5 Å². The molecule has 1 saturated carbocycles. The van der Waals surface area contributed by atoms with Crippen molar-refractivity contribution < 1.29 is 19.4 Å². The first kappa shape index (κ1) is 26.6. The number of likely N-dealkylation sites (tertiary alicyclic amines) is 2. The Labute approximate surface area is 233 Å². The Balaban J connectivity index is 1.36. The molecule has 2 aromatic rings. The van der Waals surface area contributed by atoms with E-state index in [0.717, 1.165) is 55.1 Å². The molecule has 0 aromatic heterocycles. The number of piperidine rings is 1. The van der Waals surface area contributed by atoms with Gasteiger partial charge in [0.05, 0.1) is 5.60 Å². The molecule has 1 N–H and O–H groups in total. The van der Waals surface area contributed by atoms with Crippen LogP contribution >= 0.6 is 0 Å². The van der Waals surface area contributed by atoms with E-state index in [1.54, 1.807) is 0 Å². The molecule has 2 bridgehead atoms. The van der Waals surface area contributed by atoms with Crippen molar-refractivity contribution in [1.82, 2.24) is 9.80 Å². The SMILES string of the molecule is Cc1cc2c(cc1OCc1ccccc1)[C@@]13CCN(C(=O)OC(C)(C)C)CC[C@@]1(O)[C@@H](C2)N(CC1CC1)CC3. The smallest absolute Gasteiger partial charge is 0.410 e. The highest BCUT2D eigenvalue weighted by Crippen LogP contribution is 2.57. The maximum absolute atomic E-state index is 13.1. The van der Waals surface area contributed by atoms with Crippen LogP contribution in [0.25, 0.3) is 0 Å². The second-order valence-corrected chi connectivity index (χ2v) is 13.4. The van der Waals surface area contributed by atoms with E-state index < -0.39 is 16.6 Å². The van der Waals surface area contributed by atoms with Crippen LogP contribution in [0.5, 0.6) is 5.75 Å². The molecule has 6 heteroatoms. The molecule has 0 radical (unpaired) electrons. The van der Waals surface area contributed by atoms with Gasteiger partial charge in [-0.2, -0.15) is 0 Å². The van der Waals surface area contributed by atoms with E-state index in [9.17, 15) is 9.90 Å². The highest BCUT2D eigenvalue weighted by molar-refractivity contribution is 5.68. The van der Waals surface area contributed by atoms with Crippen LogP contribution in [0, 0.1) is 12.8 Å². The number of benzene rings is 2. The highest BCUT2D eigenvalue weighted by atomic mass is 16.6. The minimum atomic E-state index is -0.907. The van der Waals surface area contributed by atoms with Gasteiger partial charge in [0.15, 0.2) is 0 Å². The van der Waals surface area contributed by atoms with Crippen LogP contribution in [0.3, 0.4) is 0 Å². The molecule has 2 aliphatic carbocycles. The third-order valence-corrected chi connectivity index (χ3v) is 9.63. The van der Waals surface area contributed by atoms with E-state index in [1.807, 2.05) is 43.9 Å². The fourth-order valence-electron chi connectivity index (χ4n) is 7.44. The van der Waals surface area contributed by atoms with E-state index in [2.05, 4.69) is 36.1 Å². The molecule has 3 atom stereocenters. The van der Waals surface area contributed by atoms with E-state index in [-0.39, 0.29) is 12.1 Å². The molecule has 39 heavy (non-hydrogen) atoms. The summed E-state index contributed by atoms with van der Waals surface area (Å²) in [5.74, 6) is 1.66. The lowest BCUT2D eigenvalue weighted by Gasteiger charge is -2.61. The standard InChI is InChI=1S/C33H44N2O4/c1-23-18-26-19-29-33(37)14-17-34(30(36)39-31(2,3)4)15-12-32(33,13-16-35(29)21-24-10-11-24)27(26)20-28(23)38-22-25-8-6-5-7-9-25/h5-9,18,20,24,29,37H,10-17,19,21-22H2,1-4H3/t29-,32+,33-/m1/s1. The molecule has 6 rings (SSSR count). The molecule has 4 aliphatic rings. The van der Waals surface area contributed by atoms with Crippen molar-refractivity contribution in [2.45, 2.75) is 95.5 Å². The monoisotopic (exact) mass is 532 g/mol. The minimum absolute atomic E-state index is 0.0634. The second kappa shape index (κ2) is 9.81. The Kier molecular flexibility index (Phi) is 6.70. The van der Waals surface area contributed by atoms with E-state index >= 15 is 0 Å². The summed E-state index contributed by atoms with van der Waals surface area (Å²) in [4.78, 5) is 17.6. The number of hydrogen-bond donors (Lipinski definition) is 1. The van der Waals surface area contributed by atoms with Gasteiger partial charge in [-0.3, -0.25) is 4.90 Å². The Bertz CT molecular complexity index is 1220. The van der Waals surface area contributed by atoms with Gasteiger partial charge in [0.1, 0.15) is 18.0 Å². The topological polar surface area (TPSA) is 62.2 Å². The van der Waals surface area contributed by atoms with Crippen molar-refractivity contribution in [3.63, 3.8) is 0 Å². The number of fused-ring (bicyclic) bond motifs is 1. The molecule has 2 heterocycles. The van der Waals surface area contributed by atoms with Crippen LogP contribution in [-0.2, 0) is 23.2 Å². The molecule has 0 spiro atoms. The molecular formula is C33H44N2O4. The third kappa shape index (κ3) is 4.95. The normalized spacial score (nSPS) is 28.7. The number of carbonyl (C=O) groups is 1. The van der Waals surface area contributed by atoms with Crippen LogP contribution in [0.4, 0.5) is 4.79 Å². The summed E-state index contributed by atoms with van der Waals surface area (Å²) < 4.78 is 12.2. The molecule has 6 nitrogen and oxygen atoms in total. The van der Waals surface area contributed by atoms with Crippen LogP contribution in [-0.4, -0.2) is 64.4 Å². The van der Waals surface area contributed by atoms with Crippen LogP contribution < -0.4 is 4.74 Å². The number of nitrogens with zero attached hydrogens (tertiary/aromatic N) is 2. The summed E-state index contributed by atoms with van der Waals surface area (Å²) in [6.45, 7) is 11.5. The fraction of sp³-hybridized carbons (Fsp3) is 0.606. The van der Waals surface area contributed by atoms with E-state index in [4.69, 9.17) is 9.47 Å². The first-order chi connectivity index (χ1) is 18.6. The number of aliphatic hydroxyl groups is 1. The molecule has 2 aliphatic heterocycles. The third-order valence-electron chi connectivity index (χ3n) is 9.63. The number of rotatable bonds is 5. The van der Waals surface area contributed by atoms with Crippen molar-refractivity contribution in [2.75, 3.05) is 26.2 Å². The lowest BCUT2D eigenvalue weighted by molar-refractivity contribution is -0.149. The Morgan fingerprint density at radius 3 is 2.49 bits per heavy atom. The predicted molar refractivity (Wildman–Crippen MR) is 152 cm³/mol. The Morgan fingerprint density at radius 2 is 1.77 bits per heavy atom. The average Bonchev–Trinajstić information content (AvgIpc) is 3.71. The van der Waals surface area contributed by atoms with Gasteiger partial charge in [-0.05, 0) is 107 Å². The van der Waals surface area contributed by atoms with Gasteiger partial charge in [0.2, 0.25) is 0 Å². The number of amides is 1. The number of ether oxygens (including phenoxy) is 2. The number of hydrogen-bond acceptors (Lipinski definition) is 5. The van der Waals surface area contributed by atoms with Crippen molar-refractivity contribution in [1.29, 1.82) is 0 Å². The summed E-state index contributed by atoms with van der Waals surface area (Å²) in [7, 11) is 0. The van der Waals surface area contributed by atoms with Gasteiger partial charge in [-0.1, -0.05) is 36.4 Å². The molecule has 1 amide bonds. The summed E-state index contributed by atoms with van der Waals surface area (Å²) in [6, 6.07) is 14.9. The summed E-state index contributed by atoms with van der Waals surface area (Å²) in [5, 5.41) is 12.8. The van der Waals surface area contributed by atoms with Crippen molar-refractivity contribution >= 4 is 6.09 Å². The summed E-state index contributed by atoms with van der Waals surface area (Å²) in [5.41, 5.74) is 2.98. The zero-order valence-electron chi connectivity index (χ0n) is 24.0. The lowest BCUT2D eigenvalue weighted by Crippen LogP contribution is -2.71.